The van der Waals surface area contributed by atoms with Crippen LogP contribution < -0.4 is 5.32 Å². The molecule has 2 rings (SSSR count). The summed E-state index contributed by atoms with van der Waals surface area (Å²) in [5.74, 6) is 0. The quantitative estimate of drug-likeness (QED) is 0.932. The number of benzene rings is 1. The summed E-state index contributed by atoms with van der Waals surface area (Å²) < 4.78 is 1.00. The van der Waals surface area contributed by atoms with Gasteiger partial charge in [-0.15, -0.1) is 0 Å². The number of nitrogens with one attached hydrogen (secondary N) is 1. The first kappa shape index (κ1) is 13.4. The Labute approximate surface area is 117 Å². The van der Waals surface area contributed by atoms with Gasteiger partial charge in [-0.25, -0.2) is 0 Å². The first-order valence-corrected chi connectivity index (χ1v) is 7.14. The summed E-state index contributed by atoms with van der Waals surface area (Å²) in [6.45, 7) is 2.08. The maximum Gasteiger partial charge on any atom is 0.101 e. The summed E-state index contributed by atoms with van der Waals surface area (Å²) in [5.41, 5.74) is 1.63. The van der Waals surface area contributed by atoms with E-state index in [1.807, 2.05) is 18.2 Å². The maximum absolute atomic E-state index is 9.08. The maximum atomic E-state index is 9.08. The summed E-state index contributed by atoms with van der Waals surface area (Å²) in [6, 6.07) is 8.52. The molecule has 3 nitrogen and oxygen atoms in total. The molecule has 1 aromatic carbocycles. The van der Waals surface area contributed by atoms with E-state index in [1.54, 1.807) is 0 Å². The van der Waals surface area contributed by atoms with Gasteiger partial charge in [0.2, 0.25) is 0 Å². The number of hydrogen-bond donors (Lipinski definition) is 1. The van der Waals surface area contributed by atoms with E-state index in [2.05, 4.69) is 39.3 Å². The first-order valence-electron chi connectivity index (χ1n) is 6.34. The van der Waals surface area contributed by atoms with Crippen LogP contribution in [0.25, 0.3) is 0 Å². The third-order valence-corrected chi connectivity index (χ3v) is 4.04. The fourth-order valence-electron chi connectivity index (χ4n) is 2.39. The molecule has 1 aliphatic heterocycles. The molecule has 18 heavy (non-hydrogen) atoms. The molecule has 1 atom stereocenters. The molecule has 1 N–H and O–H groups in total. The zero-order chi connectivity index (χ0) is 13.0. The van der Waals surface area contributed by atoms with Crippen LogP contribution >= 0.6 is 15.9 Å². The van der Waals surface area contributed by atoms with E-state index < -0.39 is 0 Å². The van der Waals surface area contributed by atoms with Gasteiger partial charge < -0.3 is 10.2 Å². The Balaban J connectivity index is 2.01. The largest absolute Gasteiger partial charge is 0.382 e. The standard InChI is InChI=1S/C14H18BrN3/c1-18-7-3-2-4-13(18)10-17-14-8-12(15)6-5-11(14)9-16/h5-6,8,13,17H,2-4,7,10H2,1H3. The number of piperidine rings is 1. The molecule has 1 unspecified atom stereocenters. The summed E-state index contributed by atoms with van der Waals surface area (Å²) in [5, 5.41) is 12.5. The highest BCUT2D eigenvalue weighted by Crippen LogP contribution is 2.22. The Hall–Kier alpha value is -1.05. The van der Waals surface area contributed by atoms with Crippen LogP contribution in [-0.2, 0) is 0 Å². The van der Waals surface area contributed by atoms with Gasteiger partial charge in [-0.1, -0.05) is 22.4 Å². The van der Waals surface area contributed by atoms with Gasteiger partial charge in [0.1, 0.15) is 6.07 Å². The molecule has 0 amide bonds. The number of halogens is 1. The number of hydrogen-bond acceptors (Lipinski definition) is 3. The lowest BCUT2D eigenvalue weighted by molar-refractivity contribution is 0.194. The number of likely N-dealkylation sites (tertiary alicyclic amines) is 1. The molecule has 0 aromatic heterocycles. The molecule has 4 heteroatoms. The van der Waals surface area contributed by atoms with Gasteiger partial charge >= 0.3 is 0 Å². The van der Waals surface area contributed by atoms with Crippen molar-refractivity contribution in [3.8, 4) is 6.07 Å². The third kappa shape index (κ3) is 3.24. The fourth-order valence-corrected chi connectivity index (χ4v) is 2.75. The molecule has 1 fully saturated rings. The van der Waals surface area contributed by atoms with Crippen molar-refractivity contribution in [2.45, 2.75) is 25.3 Å². The molecule has 1 aromatic rings. The third-order valence-electron chi connectivity index (χ3n) is 3.55. The molecular formula is C14H18BrN3. The van der Waals surface area contributed by atoms with E-state index in [4.69, 9.17) is 5.26 Å². The normalized spacial score (nSPS) is 20.4. The minimum absolute atomic E-state index is 0.573. The van der Waals surface area contributed by atoms with Crippen LogP contribution in [0.15, 0.2) is 22.7 Å². The van der Waals surface area contributed by atoms with Gasteiger partial charge in [0.25, 0.3) is 0 Å². The van der Waals surface area contributed by atoms with E-state index in [0.717, 1.165) is 16.7 Å². The fraction of sp³-hybridized carbons (Fsp3) is 0.500. The van der Waals surface area contributed by atoms with Crippen LogP contribution in [0.1, 0.15) is 24.8 Å². The number of rotatable bonds is 3. The van der Waals surface area contributed by atoms with Crippen molar-refractivity contribution in [3.63, 3.8) is 0 Å². The smallest absolute Gasteiger partial charge is 0.101 e. The van der Waals surface area contributed by atoms with Crippen LogP contribution in [0.2, 0.25) is 0 Å². The highest BCUT2D eigenvalue weighted by atomic mass is 79.9. The SMILES string of the molecule is CN1CCCCC1CNc1cc(Br)ccc1C#N. The van der Waals surface area contributed by atoms with E-state index in [0.29, 0.717) is 11.6 Å². The predicted molar refractivity (Wildman–Crippen MR) is 77.6 cm³/mol. The molecule has 1 heterocycles. The van der Waals surface area contributed by atoms with Crippen molar-refractivity contribution in [2.75, 3.05) is 25.5 Å². The van der Waals surface area contributed by atoms with Gasteiger partial charge in [-0.2, -0.15) is 5.26 Å². The highest BCUT2D eigenvalue weighted by molar-refractivity contribution is 9.10. The molecular weight excluding hydrogens is 290 g/mol. The van der Waals surface area contributed by atoms with Gasteiger partial charge in [-0.05, 0) is 44.6 Å². The van der Waals surface area contributed by atoms with Crippen molar-refractivity contribution in [2.24, 2.45) is 0 Å². The lowest BCUT2D eigenvalue weighted by Gasteiger charge is -2.32. The van der Waals surface area contributed by atoms with Crippen LogP contribution in [0.5, 0.6) is 0 Å². The zero-order valence-electron chi connectivity index (χ0n) is 10.6. The molecule has 0 radical (unpaired) electrons. The summed E-state index contributed by atoms with van der Waals surface area (Å²) >= 11 is 3.44. The van der Waals surface area contributed by atoms with Crippen molar-refractivity contribution in [1.29, 1.82) is 5.26 Å². The van der Waals surface area contributed by atoms with Crippen molar-refractivity contribution in [3.05, 3.63) is 28.2 Å². The highest BCUT2D eigenvalue weighted by Gasteiger charge is 2.18. The van der Waals surface area contributed by atoms with E-state index in [9.17, 15) is 0 Å². The van der Waals surface area contributed by atoms with Crippen LogP contribution in [-0.4, -0.2) is 31.1 Å². The van der Waals surface area contributed by atoms with E-state index in [-0.39, 0.29) is 0 Å². The molecule has 1 aliphatic rings. The monoisotopic (exact) mass is 307 g/mol. The Bertz CT molecular complexity index is 453. The predicted octanol–water partition coefficient (Wildman–Crippen LogP) is 3.22. The minimum atomic E-state index is 0.573. The number of nitrogens with zero attached hydrogens (tertiary/aromatic N) is 2. The topological polar surface area (TPSA) is 39.1 Å². The van der Waals surface area contributed by atoms with Crippen LogP contribution in [0.4, 0.5) is 5.69 Å². The summed E-state index contributed by atoms with van der Waals surface area (Å²) in [4.78, 5) is 2.40. The van der Waals surface area contributed by atoms with Gasteiger partial charge in [0.15, 0.2) is 0 Å². The van der Waals surface area contributed by atoms with Gasteiger partial charge in [-0.3, -0.25) is 0 Å². The van der Waals surface area contributed by atoms with Gasteiger partial charge in [0, 0.05) is 17.1 Å². The number of likely N-dealkylation sites (N-methyl/N-ethyl adjacent to an activating group) is 1. The molecule has 96 valence electrons. The second kappa shape index (κ2) is 6.21. The first-order chi connectivity index (χ1) is 8.70. The minimum Gasteiger partial charge on any atom is -0.382 e. The summed E-state index contributed by atoms with van der Waals surface area (Å²) in [7, 11) is 2.18. The Morgan fingerprint density at radius 3 is 3.06 bits per heavy atom. The average Bonchev–Trinajstić information content (AvgIpc) is 2.38. The van der Waals surface area contributed by atoms with Gasteiger partial charge in [0.05, 0.1) is 11.3 Å². The molecule has 1 saturated heterocycles. The Morgan fingerprint density at radius 2 is 2.33 bits per heavy atom. The van der Waals surface area contributed by atoms with Crippen LogP contribution in [0, 0.1) is 11.3 Å². The Morgan fingerprint density at radius 1 is 1.50 bits per heavy atom. The second-order valence-corrected chi connectivity index (χ2v) is 5.73. The molecule has 0 saturated carbocycles. The average molecular weight is 308 g/mol. The number of anilines is 1. The van der Waals surface area contributed by atoms with E-state index >= 15 is 0 Å². The summed E-state index contributed by atoms with van der Waals surface area (Å²) in [6.07, 6.45) is 3.84. The van der Waals surface area contributed by atoms with Crippen molar-refractivity contribution in [1.82, 2.24) is 4.90 Å². The lowest BCUT2D eigenvalue weighted by atomic mass is 10.0. The molecule has 0 bridgehead atoms. The number of nitriles is 1. The Kier molecular flexibility index (Phi) is 4.62. The molecule has 0 aliphatic carbocycles. The van der Waals surface area contributed by atoms with E-state index in [1.165, 1.54) is 25.8 Å². The van der Waals surface area contributed by atoms with Crippen molar-refractivity contribution < 1.29 is 0 Å². The van der Waals surface area contributed by atoms with Crippen molar-refractivity contribution >= 4 is 21.6 Å². The van der Waals surface area contributed by atoms with Crippen LogP contribution in [0.3, 0.4) is 0 Å². The zero-order valence-corrected chi connectivity index (χ0v) is 12.2. The lowest BCUT2D eigenvalue weighted by Crippen LogP contribution is -2.40. The second-order valence-electron chi connectivity index (χ2n) is 4.81. The molecule has 0 spiro atoms.